The van der Waals surface area contributed by atoms with Gasteiger partial charge in [0.1, 0.15) is 11.6 Å². The summed E-state index contributed by atoms with van der Waals surface area (Å²) in [6.07, 6.45) is 6.19. The van der Waals surface area contributed by atoms with Gasteiger partial charge in [0, 0.05) is 17.9 Å². The Kier molecular flexibility index (Phi) is 5.60. The Labute approximate surface area is 132 Å². The number of anilines is 1. The summed E-state index contributed by atoms with van der Waals surface area (Å²) in [6, 6.07) is 10.1. The normalized spacial score (nSPS) is 15.6. The molecule has 116 valence electrons. The summed E-state index contributed by atoms with van der Waals surface area (Å²) in [5.74, 6) is -0.0521. The van der Waals surface area contributed by atoms with Crippen molar-refractivity contribution in [1.82, 2.24) is 5.32 Å². The van der Waals surface area contributed by atoms with Gasteiger partial charge in [-0.2, -0.15) is 5.26 Å². The zero-order valence-corrected chi connectivity index (χ0v) is 13.2. The van der Waals surface area contributed by atoms with Crippen molar-refractivity contribution < 1.29 is 4.79 Å². The second-order valence-electron chi connectivity index (χ2n) is 6.01. The van der Waals surface area contributed by atoms with Gasteiger partial charge in [-0.25, -0.2) is 0 Å². The first-order chi connectivity index (χ1) is 10.6. The molecule has 0 radical (unpaired) electrons. The van der Waals surface area contributed by atoms with E-state index >= 15 is 0 Å². The maximum absolute atomic E-state index is 12.3. The average molecular weight is 297 g/mol. The summed E-state index contributed by atoms with van der Waals surface area (Å²) in [6.45, 7) is 4.15. The molecule has 1 aromatic rings. The number of amides is 1. The summed E-state index contributed by atoms with van der Waals surface area (Å²) in [5.41, 5.74) is 1.95. The van der Waals surface area contributed by atoms with Gasteiger partial charge < -0.3 is 10.6 Å². The van der Waals surface area contributed by atoms with Gasteiger partial charge in [0.2, 0.25) is 0 Å². The van der Waals surface area contributed by atoms with Crippen molar-refractivity contribution in [3.05, 3.63) is 41.6 Å². The molecule has 1 aliphatic rings. The number of carbonyl (C=O) groups excluding carboxylic acids is 1. The van der Waals surface area contributed by atoms with E-state index in [9.17, 15) is 10.1 Å². The van der Waals surface area contributed by atoms with Gasteiger partial charge in [-0.3, -0.25) is 4.79 Å². The van der Waals surface area contributed by atoms with Gasteiger partial charge in [0.25, 0.3) is 5.91 Å². The lowest BCUT2D eigenvalue weighted by atomic mass is 10.0. The van der Waals surface area contributed by atoms with E-state index in [0.29, 0.717) is 12.0 Å². The minimum Gasteiger partial charge on any atom is -0.387 e. The fourth-order valence-corrected chi connectivity index (χ4v) is 2.75. The molecule has 0 atom stereocenters. The Hall–Kier alpha value is -2.28. The highest BCUT2D eigenvalue weighted by atomic mass is 16.1. The Balaban J connectivity index is 2.06. The minimum atomic E-state index is -0.360. The van der Waals surface area contributed by atoms with Crippen LogP contribution in [0.25, 0.3) is 0 Å². The first-order valence-electron chi connectivity index (χ1n) is 7.88. The Morgan fingerprint density at radius 3 is 2.64 bits per heavy atom. The van der Waals surface area contributed by atoms with E-state index in [0.717, 1.165) is 24.1 Å². The smallest absolute Gasteiger partial charge is 0.267 e. The van der Waals surface area contributed by atoms with Crippen LogP contribution in [0.1, 0.15) is 51.0 Å². The molecule has 1 saturated carbocycles. The van der Waals surface area contributed by atoms with Crippen LogP contribution in [0.15, 0.2) is 36.0 Å². The van der Waals surface area contributed by atoms with Crippen LogP contribution in [0.3, 0.4) is 0 Å². The predicted molar refractivity (Wildman–Crippen MR) is 88.2 cm³/mol. The number of nitriles is 1. The molecule has 1 aromatic carbocycles. The largest absolute Gasteiger partial charge is 0.387 e. The molecule has 0 saturated heterocycles. The molecule has 0 aromatic heterocycles. The van der Waals surface area contributed by atoms with Crippen LogP contribution in [0.2, 0.25) is 0 Å². The molecular weight excluding hydrogens is 274 g/mol. The monoisotopic (exact) mass is 297 g/mol. The number of nitrogens with zero attached hydrogens (tertiary/aromatic N) is 1. The van der Waals surface area contributed by atoms with Crippen molar-refractivity contribution in [3.63, 3.8) is 0 Å². The van der Waals surface area contributed by atoms with Crippen molar-refractivity contribution >= 4 is 11.6 Å². The lowest BCUT2D eigenvalue weighted by Gasteiger charge is -2.14. The third kappa shape index (κ3) is 4.11. The molecule has 2 rings (SSSR count). The number of rotatable bonds is 5. The van der Waals surface area contributed by atoms with Crippen LogP contribution in [0, 0.1) is 11.3 Å². The quantitative estimate of drug-likeness (QED) is 0.643. The first-order valence-corrected chi connectivity index (χ1v) is 7.88. The van der Waals surface area contributed by atoms with E-state index in [1.807, 2.05) is 30.3 Å². The SMILES string of the molecule is CC(C)c1ccccc1NC(=O)/C(C#N)=C\NC1CCCC1. The van der Waals surface area contributed by atoms with Crippen LogP contribution >= 0.6 is 0 Å². The lowest BCUT2D eigenvalue weighted by molar-refractivity contribution is -0.112. The fraction of sp³-hybridized carbons (Fsp3) is 0.444. The molecule has 0 unspecified atom stereocenters. The fourth-order valence-electron chi connectivity index (χ4n) is 2.75. The number of hydrogen-bond acceptors (Lipinski definition) is 3. The summed E-state index contributed by atoms with van der Waals surface area (Å²) in [4.78, 5) is 12.3. The lowest BCUT2D eigenvalue weighted by Crippen LogP contribution is -2.23. The molecule has 1 aliphatic carbocycles. The highest BCUT2D eigenvalue weighted by Crippen LogP contribution is 2.24. The molecule has 22 heavy (non-hydrogen) atoms. The minimum absolute atomic E-state index is 0.116. The van der Waals surface area contributed by atoms with E-state index in [4.69, 9.17) is 0 Å². The summed E-state index contributed by atoms with van der Waals surface area (Å²) < 4.78 is 0. The van der Waals surface area contributed by atoms with Gasteiger partial charge in [-0.15, -0.1) is 0 Å². The van der Waals surface area contributed by atoms with Crippen molar-refractivity contribution in [1.29, 1.82) is 5.26 Å². The molecule has 0 bridgehead atoms. The number of nitrogens with one attached hydrogen (secondary N) is 2. The third-order valence-electron chi connectivity index (χ3n) is 4.01. The Bertz CT molecular complexity index is 593. The maximum Gasteiger partial charge on any atom is 0.267 e. The molecule has 2 N–H and O–H groups in total. The molecule has 1 fully saturated rings. The molecule has 4 nitrogen and oxygen atoms in total. The van der Waals surface area contributed by atoms with Crippen molar-refractivity contribution in [2.24, 2.45) is 0 Å². The van der Waals surface area contributed by atoms with Crippen molar-refractivity contribution in [2.45, 2.75) is 51.5 Å². The van der Waals surface area contributed by atoms with E-state index in [2.05, 4.69) is 24.5 Å². The second-order valence-corrected chi connectivity index (χ2v) is 6.01. The van der Waals surface area contributed by atoms with Crippen LogP contribution in [0.5, 0.6) is 0 Å². The van der Waals surface area contributed by atoms with E-state index in [1.165, 1.54) is 12.8 Å². The Morgan fingerprint density at radius 2 is 2.00 bits per heavy atom. The zero-order chi connectivity index (χ0) is 15.9. The van der Waals surface area contributed by atoms with Crippen LogP contribution < -0.4 is 10.6 Å². The standard InChI is InChI=1S/C18H23N3O/c1-13(2)16-9-5-6-10-17(16)21-18(22)14(11-19)12-20-15-7-3-4-8-15/h5-6,9-10,12-13,15,20H,3-4,7-8H2,1-2H3,(H,21,22)/b14-12-. The maximum atomic E-state index is 12.3. The van der Waals surface area contributed by atoms with Crippen molar-refractivity contribution in [3.8, 4) is 6.07 Å². The second kappa shape index (κ2) is 7.65. The molecule has 0 heterocycles. The molecule has 0 aliphatic heterocycles. The van der Waals surface area contributed by atoms with E-state index < -0.39 is 0 Å². The van der Waals surface area contributed by atoms with Gasteiger partial charge in [0.15, 0.2) is 0 Å². The molecule has 1 amide bonds. The first kappa shape index (κ1) is 16.1. The number of para-hydroxylation sites is 1. The van der Waals surface area contributed by atoms with E-state index in [1.54, 1.807) is 6.20 Å². The highest BCUT2D eigenvalue weighted by molar-refractivity contribution is 6.06. The molecule has 4 heteroatoms. The van der Waals surface area contributed by atoms with Gasteiger partial charge >= 0.3 is 0 Å². The van der Waals surface area contributed by atoms with Crippen LogP contribution in [-0.4, -0.2) is 11.9 Å². The summed E-state index contributed by atoms with van der Waals surface area (Å²) in [5, 5.41) is 15.2. The number of hydrogen-bond donors (Lipinski definition) is 2. The summed E-state index contributed by atoms with van der Waals surface area (Å²) >= 11 is 0. The van der Waals surface area contributed by atoms with E-state index in [-0.39, 0.29) is 11.5 Å². The summed E-state index contributed by atoms with van der Waals surface area (Å²) in [7, 11) is 0. The Morgan fingerprint density at radius 1 is 1.32 bits per heavy atom. The predicted octanol–water partition coefficient (Wildman–Crippen LogP) is 3.69. The van der Waals surface area contributed by atoms with Gasteiger partial charge in [0.05, 0.1) is 0 Å². The molecular formula is C18H23N3O. The van der Waals surface area contributed by atoms with Crippen LogP contribution in [0.4, 0.5) is 5.69 Å². The number of carbonyl (C=O) groups is 1. The zero-order valence-electron chi connectivity index (χ0n) is 13.2. The molecule has 0 spiro atoms. The third-order valence-corrected chi connectivity index (χ3v) is 4.01. The van der Waals surface area contributed by atoms with Crippen LogP contribution in [-0.2, 0) is 4.79 Å². The van der Waals surface area contributed by atoms with Gasteiger partial charge in [-0.1, -0.05) is 44.9 Å². The van der Waals surface area contributed by atoms with Gasteiger partial charge in [-0.05, 0) is 30.4 Å². The number of benzene rings is 1. The topological polar surface area (TPSA) is 64.9 Å². The van der Waals surface area contributed by atoms with Crippen molar-refractivity contribution in [2.75, 3.05) is 5.32 Å². The highest BCUT2D eigenvalue weighted by Gasteiger charge is 2.16. The average Bonchev–Trinajstić information content (AvgIpc) is 3.01.